The van der Waals surface area contributed by atoms with E-state index < -0.39 is 34.9 Å². The summed E-state index contributed by atoms with van der Waals surface area (Å²) in [7, 11) is 0. The van der Waals surface area contributed by atoms with Gasteiger partial charge in [-0.05, 0) is 29.8 Å². The second kappa shape index (κ2) is 9.09. The highest BCUT2D eigenvalue weighted by Crippen LogP contribution is 2.31. The summed E-state index contributed by atoms with van der Waals surface area (Å²) >= 11 is 7.11. The molecule has 0 radical (unpaired) electrons. The molecule has 11 heteroatoms. The first-order valence-electron chi connectivity index (χ1n) is 9.37. The molecule has 0 aliphatic carbocycles. The molecule has 3 aromatic rings. The van der Waals surface area contributed by atoms with Gasteiger partial charge in [0.15, 0.2) is 5.16 Å². The second-order valence-electron chi connectivity index (χ2n) is 6.97. The van der Waals surface area contributed by atoms with E-state index in [0.29, 0.717) is 16.8 Å². The number of hydrogen-bond acceptors (Lipinski definition) is 5. The lowest BCUT2D eigenvalue weighted by Crippen LogP contribution is -2.36. The maximum absolute atomic E-state index is 13.9. The number of H-pyrrole nitrogens is 1. The summed E-state index contributed by atoms with van der Waals surface area (Å²) in [5, 5.41) is 5.68. The van der Waals surface area contributed by atoms with Crippen LogP contribution in [0.4, 0.5) is 20.3 Å². The normalized spacial score (nSPS) is 15.1. The van der Waals surface area contributed by atoms with Gasteiger partial charge in [0.25, 0.3) is 5.56 Å². The molecule has 0 unspecified atom stereocenters. The van der Waals surface area contributed by atoms with Gasteiger partial charge >= 0.3 is 0 Å². The number of anilines is 2. The average molecular weight is 477 g/mol. The fraction of sp³-hybridized carbons (Fsp3) is 0.143. The van der Waals surface area contributed by atoms with Crippen LogP contribution in [0.25, 0.3) is 0 Å². The minimum atomic E-state index is -1.19. The first-order chi connectivity index (χ1) is 15.3. The van der Waals surface area contributed by atoms with Gasteiger partial charge in [-0.15, -0.1) is 0 Å². The number of nitrogens with one attached hydrogen (secondary N) is 3. The van der Waals surface area contributed by atoms with Crippen molar-refractivity contribution in [1.29, 1.82) is 0 Å². The van der Waals surface area contributed by atoms with E-state index in [9.17, 15) is 23.2 Å². The number of carbonyl (C=O) groups is 2. The Kier molecular flexibility index (Phi) is 6.24. The standard InChI is InChI=1S/C21H15ClF2N4O3S/c22-11-3-1-10(2-4-11)9-32-21-27-18-17(20(31)28-21)13(8-16(29)26-18)19(30)25-15-6-5-12(23)7-14(15)24/h1-7,13H,8-9H2,(H,25,30)(H2,26,27,28,29,31)/t13-/m1/s1. The summed E-state index contributed by atoms with van der Waals surface area (Å²) in [5.74, 6) is -3.78. The van der Waals surface area contributed by atoms with Crippen LogP contribution in [-0.2, 0) is 15.3 Å². The fourth-order valence-electron chi connectivity index (χ4n) is 3.19. The minimum Gasteiger partial charge on any atom is -0.323 e. The summed E-state index contributed by atoms with van der Waals surface area (Å²) in [6, 6.07) is 9.83. The largest absolute Gasteiger partial charge is 0.323 e. The summed E-state index contributed by atoms with van der Waals surface area (Å²) in [6.45, 7) is 0. The van der Waals surface area contributed by atoms with Crippen LogP contribution in [0.5, 0.6) is 0 Å². The lowest BCUT2D eigenvalue weighted by atomic mass is 9.92. The molecule has 164 valence electrons. The van der Waals surface area contributed by atoms with Crippen LogP contribution in [0.3, 0.4) is 0 Å². The lowest BCUT2D eigenvalue weighted by Gasteiger charge is -2.23. The number of thioether (sulfide) groups is 1. The minimum absolute atomic E-state index is 0.0247. The molecule has 2 aromatic carbocycles. The highest BCUT2D eigenvalue weighted by molar-refractivity contribution is 7.98. The molecular weight excluding hydrogens is 462 g/mol. The number of amides is 2. The van der Waals surface area contributed by atoms with E-state index in [1.807, 2.05) is 12.1 Å². The van der Waals surface area contributed by atoms with E-state index in [0.717, 1.165) is 17.7 Å². The molecule has 2 heterocycles. The topological polar surface area (TPSA) is 104 Å². The van der Waals surface area contributed by atoms with E-state index in [1.165, 1.54) is 11.8 Å². The van der Waals surface area contributed by atoms with Crippen LogP contribution in [0.15, 0.2) is 52.4 Å². The Morgan fingerprint density at radius 3 is 2.66 bits per heavy atom. The number of nitrogens with zero attached hydrogens (tertiary/aromatic N) is 1. The Morgan fingerprint density at radius 2 is 1.94 bits per heavy atom. The third kappa shape index (κ3) is 4.81. The molecule has 3 N–H and O–H groups in total. The summed E-state index contributed by atoms with van der Waals surface area (Å²) < 4.78 is 27.0. The summed E-state index contributed by atoms with van der Waals surface area (Å²) in [6.07, 6.45) is -0.316. The van der Waals surface area contributed by atoms with E-state index in [1.54, 1.807) is 12.1 Å². The summed E-state index contributed by atoms with van der Waals surface area (Å²) in [4.78, 5) is 44.5. The summed E-state index contributed by atoms with van der Waals surface area (Å²) in [5.41, 5.74) is 0.0691. The van der Waals surface area contributed by atoms with Gasteiger partial charge < -0.3 is 15.6 Å². The van der Waals surface area contributed by atoms with Crippen molar-refractivity contribution >= 4 is 46.7 Å². The molecular formula is C21H15ClF2N4O3S. The van der Waals surface area contributed by atoms with Gasteiger partial charge in [0.1, 0.15) is 17.5 Å². The molecule has 2 amide bonds. The number of aromatic amines is 1. The number of hydrogen-bond donors (Lipinski definition) is 3. The second-order valence-corrected chi connectivity index (χ2v) is 8.37. The van der Waals surface area contributed by atoms with Crippen LogP contribution in [-0.4, -0.2) is 21.8 Å². The molecule has 1 atom stereocenters. The van der Waals surface area contributed by atoms with Gasteiger partial charge in [-0.1, -0.05) is 35.5 Å². The predicted molar refractivity (Wildman–Crippen MR) is 117 cm³/mol. The van der Waals surface area contributed by atoms with Crippen LogP contribution < -0.4 is 16.2 Å². The molecule has 1 aliphatic rings. The Hall–Kier alpha value is -3.24. The molecule has 0 saturated heterocycles. The SMILES string of the molecule is O=C1C[C@@H](C(=O)Nc2ccc(F)cc2F)c2c(nc(SCc3ccc(Cl)cc3)[nH]c2=O)N1. The van der Waals surface area contributed by atoms with E-state index in [-0.39, 0.29) is 28.6 Å². The predicted octanol–water partition coefficient (Wildman–Crippen LogP) is 4.06. The van der Waals surface area contributed by atoms with Gasteiger partial charge in [0.2, 0.25) is 11.8 Å². The van der Waals surface area contributed by atoms with E-state index in [2.05, 4.69) is 20.6 Å². The maximum Gasteiger partial charge on any atom is 0.257 e. The van der Waals surface area contributed by atoms with E-state index >= 15 is 0 Å². The zero-order chi connectivity index (χ0) is 22.8. The molecule has 4 rings (SSSR count). The lowest BCUT2D eigenvalue weighted by molar-refractivity contribution is -0.123. The van der Waals surface area contributed by atoms with Crippen molar-refractivity contribution < 1.29 is 18.4 Å². The van der Waals surface area contributed by atoms with Gasteiger partial charge in [-0.3, -0.25) is 14.4 Å². The molecule has 7 nitrogen and oxygen atoms in total. The smallest absolute Gasteiger partial charge is 0.257 e. The van der Waals surface area contributed by atoms with Crippen molar-refractivity contribution in [3.8, 4) is 0 Å². The van der Waals surface area contributed by atoms with Crippen LogP contribution >= 0.6 is 23.4 Å². The monoisotopic (exact) mass is 476 g/mol. The maximum atomic E-state index is 13.9. The molecule has 1 aromatic heterocycles. The number of rotatable bonds is 5. The third-order valence-electron chi connectivity index (χ3n) is 4.72. The Bertz CT molecular complexity index is 1270. The Labute approximate surface area is 189 Å². The third-order valence-corrected chi connectivity index (χ3v) is 5.92. The van der Waals surface area contributed by atoms with Crippen LogP contribution in [0.1, 0.15) is 23.5 Å². The number of aromatic nitrogens is 2. The van der Waals surface area contributed by atoms with Crippen molar-refractivity contribution in [2.24, 2.45) is 0 Å². The Morgan fingerprint density at radius 1 is 1.19 bits per heavy atom. The molecule has 0 fully saturated rings. The van der Waals surface area contributed by atoms with Gasteiger partial charge in [0.05, 0.1) is 17.2 Å². The van der Waals surface area contributed by atoms with Gasteiger partial charge in [-0.25, -0.2) is 13.8 Å². The van der Waals surface area contributed by atoms with Gasteiger partial charge in [0, 0.05) is 23.3 Å². The zero-order valence-corrected chi connectivity index (χ0v) is 17.8. The zero-order valence-electron chi connectivity index (χ0n) is 16.2. The quantitative estimate of drug-likeness (QED) is 0.380. The van der Waals surface area contributed by atoms with Crippen molar-refractivity contribution in [3.05, 3.63) is 80.6 Å². The van der Waals surface area contributed by atoms with Gasteiger partial charge in [-0.2, -0.15) is 0 Å². The Balaban J connectivity index is 1.57. The highest BCUT2D eigenvalue weighted by Gasteiger charge is 2.35. The molecule has 0 saturated carbocycles. The number of fused-ring (bicyclic) bond motifs is 1. The number of halogens is 3. The van der Waals surface area contributed by atoms with Crippen LogP contribution in [0, 0.1) is 11.6 Å². The van der Waals surface area contributed by atoms with Crippen molar-refractivity contribution in [1.82, 2.24) is 9.97 Å². The number of benzene rings is 2. The van der Waals surface area contributed by atoms with Crippen LogP contribution in [0.2, 0.25) is 5.02 Å². The molecule has 32 heavy (non-hydrogen) atoms. The highest BCUT2D eigenvalue weighted by atomic mass is 35.5. The number of carbonyl (C=O) groups excluding carboxylic acids is 2. The molecule has 0 spiro atoms. The average Bonchev–Trinajstić information content (AvgIpc) is 2.74. The van der Waals surface area contributed by atoms with Crippen molar-refractivity contribution in [2.45, 2.75) is 23.2 Å². The van der Waals surface area contributed by atoms with Crippen molar-refractivity contribution in [3.63, 3.8) is 0 Å². The first kappa shape index (κ1) is 22.0. The first-order valence-corrected chi connectivity index (χ1v) is 10.7. The van der Waals surface area contributed by atoms with E-state index in [4.69, 9.17) is 11.6 Å². The van der Waals surface area contributed by atoms with Crippen molar-refractivity contribution in [2.75, 3.05) is 10.6 Å². The fourth-order valence-corrected chi connectivity index (χ4v) is 4.13. The molecule has 1 aliphatic heterocycles. The molecule has 0 bridgehead atoms.